The van der Waals surface area contributed by atoms with Gasteiger partial charge in [-0.3, -0.25) is 4.79 Å². The lowest BCUT2D eigenvalue weighted by molar-refractivity contribution is -0.111. The number of hydrogen-bond acceptors (Lipinski definition) is 2. The third-order valence-electron chi connectivity index (χ3n) is 3.44. The number of benzene rings is 2. The Morgan fingerprint density at radius 3 is 2.52 bits per heavy atom. The molecule has 0 radical (unpaired) electrons. The molecular weight excluding hydrogens is 286 g/mol. The molecule has 1 amide bonds. The molecule has 120 valence electrons. The summed E-state index contributed by atoms with van der Waals surface area (Å²) in [4.78, 5) is 12.0. The zero-order valence-electron chi connectivity index (χ0n) is 13.7. The topological polar surface area (TPSA) is 38.3 Å². The predicted molar refractivity (Wildman–Crippen MR) is 95.7 cm³/mol. The molecule has 2 rings (SSSR count). The molecule has 0 aliphatic carbocycles. The summed E-state index contributed by atoms with van der Waals surface area (Å²) in [5.74, 6) is 0.725. The summed E-state index contributed by atoms with van der Waals surface area (Å²) in [6.07, 6.45) is 5.22. The molecule has 0 saturated carbocycles. The molecule has 0 unspecified atom stereocenters. The van der Waals surface area contributed by atoms with E-state index in [1.807, 2.05) is 48.5 Å². The lowest BCUT2D eigenvalue weighted by Crippen LogP contribution is -2.09. The van der Waals surface area contributed by atoms with Crippen molar-refractivity contribution in [3.63, 3.8) is 0 Å². The number of carbonyl (C=O) groups excluding carboxylic acids is 1. The number of hydrogen-bond donors (Lipinski definition) is 1. The van der Waals surface area contributed by atoms with Crippen molar-refractivity contribution in [2.75, 3.05) is 11.9 Å². The van der Waals surface area contributed by atoms with Crippen molar-refractivity contribution in [2.24, 2.45) is 0 Å². The van der Waals surface area contributed by atoms with Crippen LogP contribution < -0.4 is 10.1 Å². The quantitative estimate of drug-likeness (QED) is 0.754. The Morgan fingerprint density at radius 1 is 1.09 bits per heavy atom. The Bertz CT molecular complexity index is 660. The second kappa shape index (κ2) is 8.79. The average Bonchev–Trinajstić information content (AvgIpc) is 2.59. The molecule has 0 heterocycles. The highest BCUT2D eigenvalue weighted by Crippen LogP contribution is 2.16. The van der Waals surface area contributed by atoms with E-state index in [1.165, 1.54) is 0 Å². The van der Waals surface area contributed by atoms with Gasteiger partial charge >= 0.3 is 0 Å². The van der Waals surface area contributed by atoms with E-state index in [1.54, 1.807) is 12.2 Å². The van der Waals surface area contributed by atoms with Gasteiger partial charge in [0.2, 0.25) is 5.91 Å². The molecule has 2 aromatic rings. The average molecular weight is 309 g/mol. The van der Waals surface area contributed by atoms with Crippen LogP contribution in [0.15, 0.2) is 54.6 Å². The molecule has 0 fully saturated rings. The summed E-state index contributed by atoms with van der Waals surface area (Å²) in [5.41, 5.74) is 2.97. The summed E-state index contributed by atoms with van der Waals surface area (Å²) in [5, 5.41) is 2.92. The Kier molecular flexibility index (Phi) is 6.42. The molecule has 0 atom stereocenters. The lowest BCUT2D eigenvalue weighted by atomic mass is 10.1. The van der Waals surface area contributed by atoms with E-state index in [0.29, 0.717) is 6.61 Å². The molecule has 3 nitrogen and oxygen atoms in total. The van der Waals surface area contributed by atoms with Gasteiger partial charge in [-0.25, -0.2) is 0 Å². The smallest absolute Gasteiger partial charge is 0.248 e. The van der Waals surface area contributed by atoms with Crippen molar-refractivity contribution in [3.8, 4) is 5.75 Å². The van der Waals surface area contributed by atoms with Gasteiger partial charge in [0.1, 0.15) is 5.75 Å². The maximum atomic E-state index is 12.0. The largest absolute Gasteiger partial charge is 0.494 e. The maximum Gasteiger partial charge on any atom is 0.248 e. The zero-order valence-corrected chi connectivity index (χ0v) is 13.7. The fraction of sp³-hybridized carbons (Fsp3) is 0.250. The number of amides is 1. The van der Waals surface area contributed by atoms with Crippen LogP contribution in [0.4, 0.5) is 5.69 Å². The third-order valence-corrected chi connectivity index (χ3v) is 3.44. The second-order valence-corrected chi connectivity index (χ2v) is 5.25. The molecule has 2 aromatic carbocycles. The van der Waals surface area contributed by atoms with Gasteiger partial charge in [0, 0.05) is 11.8 Å². The van der Waals surface area contributed by atoms with Crippen LogP contribution in [0.2, 0.25) is 0 Å². The highest BCUT2D eigenvalue weighted by Gasteiger charge is 2.02. The Balaban J connectivity index is 1.95. The van der Waals surface area contributed by atoms with Crippen molar-refractivity contribution in [2.45, 2.75) is 26.7 Å². The van der Waals surface area contributed by atoms with Gasteiger partial charge in [-0.1, -0.05) is 44.2 Å². The van der Waals surface area contributed by atoms with Gasteiger partial charge in [0.05, 0.1) is 6.61 Å². The first-order chi connectivity index (χ1) is 11.2. The molecule has 0 aromatic heterocycles. The molecular formula is C20H23NO2. The summed E-state index contributed by atoms with van der Waals surface area (Å²) in [7, 11) is 0. The first-order valence-corrected chi connectivity index (χ1v) is 8.02. The van der Waals surface area contributed by atoms with Crippen molar-refractivity contribution >= 4 is 17.7 Å². The van der Waals surface area contributed by atoms with Crippen molar-refractivity contribution < 1.29 is 9.53 Å². The number of nitrogens with one attached hydrogen (secondary N) is 1. The Morgan fingerprint density at radius 2 is 1.83 bits per heavy atom. The number of carbonyl (C=O) groups is 1. The second-order valence-electron chi connectivity index (χ2n) is 5.25. The van der Waals surface area contributed by atoms with E-state index < -0.39 is 0 Å². The summed E-state index contributed by atoms with van der Waals surface area (Å²) in [6.45, 7) is 4.86. The molecule has 3 heteroatoms. The number of para-hydroxylation sites is 1. The van der Waals surface area contributed by atoms with Crippen LogP contribution in [0, 0.1) is 0 Å². The fourth-order valence-corrected chi connectivity index (χ4v) is 2.19. The van der Waals surface area contributed by atoms with Gasteiger partial charge in [-0.05, 0) is 48.2 Å². The first-order valence-electron chi connectivity index (χ1n) is 8.02. The summed E-state index contributed by atoms with van der Waals surface area (Å²) in [6, 6.07) is 15.6. The monoisotopic (exact) mass is 309 g/mol. The standard InChI is InChI=1S/C20H23NO2/c1-3-15-23-18-12-9-16(10-13-18)11-14-20(22)21-19-8-6-5-7-17(19)4-2/h5-14H,3-4,15H2,1-2H3,(H,21,22)/b14-11+. The lowest BCUT2D eigenvalue weighted by Gasteiger charge is -2.07. The number of aryl methyl sites for hydroxylation is 1. The Hall–Kier alpha value is -2.55. The third kappa shape index (κ3) is 5.29. The van der Waals surface area contributed by atoms with E-state index in [-0.39, 0.29) is 5.91 Å². The summed E-state index contributed by atoms with van der Waals surface area (Å²) < 4.78 is 5.54. The molecule has 1 N–H and O–H groups in total. The predicted octanol–water partition coefficient (Wildman–Crippen LogP) is 4.69. The van der Waals surface area contributed by atoms with E-state index in [0.717, 1.165) is 35.4 Å². The summed E-state index contributed by atoms with van der Waals surface area (Å²) >= 11 is 0. The van der Waals surface area contributed by atoms with Gasteiger partial charge in [0.25, 0.3) is 0 Å². The van der Waals surface area contributed by atoms with Crippen LogP contribution in [0.3, 0.4) is 0 Å². The number of anilines is 1. The normalized spacial score (nSPS) is 10.7. The van der Waals surface area contributed by atoms with Crippen molar-refractivity contribution in [1.29, 1.82) is 0 Å². The van der Waals surface area contributed by atoms with Crippen LogP contribution >= 0.6 is 0 Å². The van der Waals surface area contributed by atoms with E-state index in [4.69, 9.17) is 4.74 Å². The van der Waals surface area contributed by atoms with Crippen LogP contribution in [-0.4, -0.2) is 12.5 Å². The zero-order chi connectivity index (χ0) is 16.5. The maximum absolute atomic E-state index is 12.0. The van der Waals surface area contributed by atoms with E-state index >= 15 is 0 Å². The van der Waals surface area contributed by atoms with Gasteiger partial charge < -0.3 is 10.1 Å². The van der Waals surface area contributed by atoms with E-state index in [9.17, 15) is 4.79 Å². The van der Waals surface area contributed by atoms with Crippen LogP contribution in [-0.2, 0) is 11.2 Å². The van der Waals surface area contributed by atoms with E-state index in [2.05, 4.69) is 19.2 Å². The van der Waals surface area contributed by atoms with Gasteiger partial charge in [-0.2, -0.15) is 0 Å². The molecule has 0 saturated heterocycles. The molecule has 0 aliphatic heterocycles. The minimum absolute atomic E-state index is 0.128. The first kappa shape index (κ1) is 16.8. The van der Waals surface area contributed by atoms with Crippen LogP contribution in [0.25, 0.3) is 6.08 Å². The minimum Gasteiger partial charge on any atom is -0.494 e. The molecule has 0 spiro atoms. The highest BCUT2D eigenvalue weighted by molar-refractivity contribution is 6.02. The van der Waals surface area contributed by atoms with Crippen molar-refractivity contribution in [3.05, 3.63) is 65.7 Å². The molecule has 23 heavy (non-hydrogen) atoms. The fourth-order valence-electron chi connectivity index (χ4n) is 2.19. The van der Waals surface area contributed by atoms with Gasteiger partial charge in [-0.15, -0.1) is 0 Å². The molecule has 0 aliphatic rings. The van der Waals surface area contributed by atoms with Crippen LogP contribution in [0.5, 0.6) is 5.75 Å². The molecule has 0 bridgehead atoms. The highest BCUT2D eigenvalue weighted by atomic mass is 16.5. The Labute approximate surface area is 138 Å². The van der Waals surface area contributed by atoms with Crippen LogP contribution in [0.1, 0.15) is 31.4 Å². The van der Waals surface area contributed by atoms with Gasteiger partial charge in [0.15, 0.2) is 0 Å². The number of rotatable bonds is 7. The van der Waals surface area contributed by atoms with Crippen molar-refractivity contribution in [1.82, 2.24) is 0 Å². The number of ether oxygens (including phenoxy) is 1. The minimum atomic E-state index is -0.128. The SMILES string of the molecule is CCCOc1ccc(/C=C/C(=O)Nc2ccccc2CC)cc1.